The summed E-state index contributed by atoms with van der Waals surface area (Å²) in [5.41, 5.74) is 7.43. The van der Waals surface area contributed by atoms with Crippen LogP contribution < -0.4 is 10.6 Å². The Bertz CT molecular complexity index is 1740. The number of thiocarbonyl (C=S) groups is 1. The van der Waals surface area contributed by atoms with Gasteiger partial charge in [0.1, 0.15) is 0 Å². The smallest absolute Gasteiger partial charge is 0.226 e. The first-order valence-corrected chi connectivity index (χ1v) is 14.3. The molecule has 1 aliphatic rings. The zero-order chi connectivity index (χ0) is 28.5. The normalized spacial score (nSPS) is 16.7. The number of nitrogens with zero attached hydrogens (tertiary/aromatic N) is 3. The van der Waals surface area contributed by atoms with Crippen LogP contribution in [0.1, 0.15) is 46.7 Å². The molecule has 3 heterocycles. The zero-order valence-electron chi connectivity index (χ0n) is 23.5. The van der Waals surface area contributed by atoms with Crippen molar-refractivity contribution in [1.29, 1.82) is 0 Å². The summed E-state index contributed by atoms with van der Waals surface area (Å²) in [4.78, 5) is 19.8. The van der Waals surface area contributed by atoms with Gasteiger partial charge in [0.25, 0.3) is 0 Å². The maximum absolute atomic E-state index is 13.0. The lowest BCUT2D eigenvalue weighted by Crippen LogP contribution is -2.32. The number of benzene rings is 3. The van der Waals surface area contributed by atoms with E-state index in [1.807, 2.05) is 55.6 Å². The predicted octanol–water partition coefficient (Wildman–Crippen LogP) is 6.95. The van der Waals surface area contributed by atoms with Gasteiger partial charge in [-0.1, -0.05) is 54.6 Å². The molecule has 6 rings (SSSR count). The molecule has 1 aliphatic heterocycles. The van der Waals surface area contributed by atoms with Crippen molar-refractivity contribution < 1.29 is 4.79 Å². The Morgan fingerprint density at radius 2 is 1.73 bits per heavy atom. The molecule has 41 heavy (non-hydrogen) atoms. The van der Waals surface area contributed by atoms with Gasteiger partial charge in [0.2, 0.25) is 5.91 Å². The third-order valence-corrected chi connectivity index (χ3v) is 8.23. The number of amides is 1. The second-order valence-corrected chi connectivity index (χ2v) is 11.0. The van der Waals surface area contributed by atoms with Crippen LogP contribution >= 0.6 is 12.2 Å². The predicted molar refractivity (Wildman–Crippen MR) is 169 cm³/mol. The van der Waals surface area contributed by atoms with Crippen LogP contribution in [0, 0.1) is 20.8 Å². The Morgan fingerprint density at radius 1 is 0.951 bits per heavy atom. The van der Waals surface area contributed by atoms with Crippen molar-refractivity contribution in [2.75, 3.05) is 11.9 Å². The number of carbonyl (C=O) groups is 1. The first kappa shape index (κ1) is 26.7. The number of aromatic nitrogens is 2. The molecule has 6 nitrogen and oxygen atoms in total. The SMILES string of the molecule is Cc1cccc(NC(=O)CCN2C(=S)N[C@H](c3ccccn3)[C@@H]2c2cc(C)n(-c3cccc4ccccc34)c2C)c1. The molecule has 0 spiro atoms. The van der Waals surface area contributed by atoms with Crippen LogP contribution in [0.25, 0.3) is 16.5 Å². The highest BCUT2D eigenvalue weighted by Gasteiger charge is 2.41. The molecule has 2 N–H and O–H groups in total. The van der Waals surface area contributed by atoms with Gasteiger partial charge in [-0.25, -0.2) is 0 Å². The highest BCUT2D eigenvalue weighted by molar-refractivity contribution is 7.80. The average molecular weight is 560 g/mol. The Hall–Kier alpha value is -4.49. The van der Waals surface area contributed by atoms with E-state index in [2.05, 4.69) is 87.5 Å². The van der Waals surface area contributed by atoms with Crippen LogP contribution in [-0.4, -0.2) is 32.0 Å². The Kier molecular flexibility index (Phi) is 7.28. The summed E-state index contributed by atoms with van der Waals surface area (Å²) in [6, 6.07) is 30.7. The molecule has 0 saturated carbocycles. The molecule has 206 valence electrons. The number of pyridine rings is 1. The van der Waals surface area contributed by atoms with Crippen LogP contribution in [0.2, 0.25) is 0 Å². The number of aryl methyl sites for hydroxylation is 2. The van der Waals surface area contributed by atoms with Gasteiger partial charge in [-0.2, -0.15) is 0 Å². The first-order valence-electron chi connectivity index (χ1n) is 13.9. The summed E-state index contributed by atoms with van der Waals surface area (Å²) in [5.74, 6) is -0.0420. The Labute approximate surface area is 246 Å². The van der Waals surface area contributed by atoms with Crippen LogP contribution in [0.15, 0.2) is 97.2 Å². The van der Waals surface area contributed by atoms with Crippen LogP contribution in [0.4, 0.5) is 5.69 Å². The largest absolute Gasteiger partial charge is 0.352 e. The van der Waals surface area contributed by atoms with Crippen molar-refractivity contribution in [2.24, 2.45) is 0 Å². The minimum absolute atomic E-state index is 0.0420. The van der Waals surface area contributed by atoms with E-state index in [4.69, 9.17) is 12.2 Å². The van der Waals surface area contributed by atoms with Gasteiger partial charge in [-0.15, -0.1) is 0 Å². The molecular formula is C34H33N5OS. The highest BCUT2D eigenvalue weighted by atomic mass is 32.1. The van der Waals surface area contributed by atoms with E-state index in [0.717, 1.165) is 39.6 Å². The second kappa shape index (κ2) is 11.2. The summed E-state index contributed by atoms with van der Waals surface area (Å²) in [7, 11) is 0. The third-order valence-electron chi connectivity index (χ3n) is 7.88. The van der Waals surface area contributed by atoms with Crippen molar-refractivity contribution >= 4 is 39.7 Å². The van der Waals surface area contributed by atoms with Crippen molar-refractivity contribution in [1.82, 2.24) is 19.8 Å². The van der Waals surface area contributed by atoms with Crippen LogP contribution in [0.5, 0.6) is 0 Å². The number of carbonyl (C=O) groups excluding carboxylic acids is 1. The van der Waals surface area contributed by atoms with Gasteiger partial charge >= 0.3 is 0 Å². The van der Waals surface area contributed by atoms with Gasteiger partial charge < -0.3 is 20.1 Å². The maximum Gasteiger partial charge on any atom is 0.226 e. The number of fused-ring (bicyclic) bond motifs is 1. The fourth-order valence-corrected chi connectivity index (χ4v) is 6.35. The lowest BCUT2D eigenvalue weighted by molar-refractivity contribution is -0.116. The molecule has 1 fully saturated rings. The fraction of sp³-hybridized carbons (Fsp3) is 0.206. The van der Waals surface area contributed by atoms with E-state index in [1.165, 1.54) is 10.8 Å². The number of hydrogen-bond acceptors (Lipinski definition) is 3. The monoisotopic (exact) mass is 559 g/mol. The van der Waals surface area contributed by atoms with Gasteiger partial charge in [-0.3, -0.25) is 9.78 Å². The molecular weight excluding hydrogens is 526 g/mol. The summed E-state index contributed by atoms with van der Waals surface area (Å²) in [6.07, 6.45) is 2.12. The van der Waals surface area contributed by atoms with Crippen molar-refractivity contribution in [3.63, 3.8) is 0 Å². The van der Waals surface area contributed by atoms with Crippen LogP contribution in [0.3, 0.4) is 0 Å². The molecule has 0 bridgehead atoms. The quantitative estimate of drug-likeness (QED) is 0.211. The van der Waals surface area contributed by atoms with Gasteiger partial charge in [0, 0.05) is 41.6 Å². The molecule has 5 aromatic rings. The van der Waals surface area contributed by atoms with Gasteiger partial charge in [0.15, 0.2) is 5.11 Å². The molecule has 0 aliphatic carbocycles. The summed E-state index contributed by atoms with van der Waals surface area (Å²) >= 11 is 5.88. The number of hydrogen-bond donors (Lipinski definition) is 2. The Balaban J connectivity index is 1.36. The number of rotatable bonds is 7. The molecule has 0 unspecified atom stereocenters. The van der Waals surface area contributed by atoms with E-state index in [1.54, 1.807) is 0 Å². The van der Waals surface area contributed by atoms with Crippen molar-refractivity contribution in [3.05, 3.63) is 125 Å². The molecule has 3 aromatic carbocycles. The van der Waals surface area contributed by atoms with Gasteiger partial charge in [-0.05, 0) is 85.9 Å². The number of anilines is 1. The highest BCUT2D eigenvalue weighted by Crippen LogP contribution is 2.42. The average Bonchev–Trinajstić information content (AvgIpc) is 3.46. The molecule has 7 heteroatoms. The van der Waals surface area contributed by atoms with Crippen LogP contribution in [-0.2, 0) is 4.79 Å². The Morgan fingerprint density at radius 3 is 2.54 bits per heavy atom. The molecule has 1 amide bonds. The minimum atomic E-state index is -0.148. The van der Waals surface area contributed by atoms with Crippen molar-refractivity contribution in [3.8, 4) is 5.69 Å². The van der Waals surface area contributed by atoms with E-state index in [0.29, 0.717) is 18.1 Å². The molecule has 1 saturated heterocycles. The molecule has 0 radical (unpaired) electrons. The second-order valence-electron chi connectivity index (χ2n) is 10.6. The lowest BCUT2D eigenvalue weighted by Gasteiger charge is -2.28. The first-order chi connectivity index (χ1) is 19.9. The minimum Gasteiger partial charge on any atom is -0.352 e. The standard InChI is InChI=1S/C34H33N5OS/c1-22-10-8-13-26(20-22)36-31(40)17-19-38-33(32(37-34(38)41)29-15-6-7-18-35-29)28-21-23(2)39(24(28)3)30-16-9-12-25-11-4-5-14-27(25)30/h4-16,18,20-21,32-33H,17,19H2,1-3H3,(H,36,40)(H,37,41)/t32-,33+/m1/s1. The lowest BCUT2D eigenvalue weighted by atomic mass is 9.96. The van der Waals surface area contributed by atoms with E-state index < -0.39 is 0 Å². The van der Waals surface area contributed by atoms with E-state index >= 15 is 0 Å². The molecule has 2 aromatic heterocycles. The fourth-order valence-electron chi connectivity index (χ4n) is 6.01. The third kappa shape index (κ3) is 5.21. The van der Waals surface area contributed by atoms with E-state index in [9.17, 15) is 4.79 Å². The molecule has 2 atom stereocenters. The maximum atomic E-state index is 13.0. The summed E-state index contributed by atoms with van der Waals surface area (Å²) < 4.78 is 2.33. The number of nitrogens with one attached hydrogen (secondary N) is 2. The van der Waals surface area contributed by atoms with Gasteiger partial charge in [0.05, 0.1) is 23.5 Å². The topological polar surface area (TPSA) is 62.2 Å². The zero-order valence-corrected chi connectivity index (χ0v) is 24.3. The van der Waals surface area contributed by atoms with E-state index in [-0.39, 0.29) is 18.0 Å². The summed E-state index contributed by atoms with van der Waals surface area (Å²) in [6.45, 7) is 6.81. The van der Waals surface area contributed by atoms with Crippen molar-refractivity contribution in [2.45, 2.75) is 39.3 Å². The summed E-state index contributed by atoms with van der Waals surface area (Å²) in [5, 5.41) is 9.60.